The summed E-state index contributed by atoms with van der Waals surface area (Å²) in [6.07, 6.45) is 1.05. The van der Waals surface area contributed by atoms with Crippen LogP contribution in [0.1, 0.15) is 12.8 Å². The largest absolute Gasteiger partial charge is 0.497 e. The number of esters is 1. The molecule has 3 rings (SSSR count). The van der Waals surface area contributed by atoms with E-state index in [4.69, 9.17) is 9.47 Å². The summed E-state index contributed by atoms with van der Waals surface area (Å²) >= 11 is 7.02. The average Bonchev–Trinajstić information content (AvgIpc) is 2.91. The van der Waals surface area contributed by atoms with Crippen molar-refractivity contribution >= 4 is 61.2 Å². The van der Waals surface area contributed by atoms with E-state index in [0.29, 0.717) is 24.3 Å². The van der Waals surface area contributed by atoms with Crippen LogP contribution in [-0.2, 0) is 23.9 Å². The SMILES string of the molecule is COc1cccc(NC(=O)COC(=O)CN2C(=O)[C@H]3C[C@H](Br)[C@@H](Br)C[C@H]3C2=O)c1. The maximum absolute atomic E-state index is 12.5. The molecular weight excluding hydrogens is 512 g/mol. The first kappa shape index (κ1) is 21.8. The smallest absolute Gasteiger partial charge is 0.326 e. The number of amides is 3. The Labute approximate surface area is 184 Å². The summed E-state index contributed by atoms with van der Waals surface area (Å²) in [4.78, 5) is 50.3. The lowest BCUT2D eigenvalue weighted by Crippen LogP contribution is -2.37. The third-order valence-corrected chi connectivity index (χ3v) is 7.74. The van der Waals surface area contributed by atoms with Crippen LogP contribution < -0.4 is 10.1 Å². The number of hydrogen-bond donors (Lipinski definition) is 1. The van der Waals surface area contributed by atoms with Gasteiger partial charge in [-0.15, -0.1) is 0 Å². The molecule has 1 aromatic rings. The number of fused-ring (bicyclic) bond motifs is 1. The van der Waals surface area contributed by atoms with Gasteiger partial charge in [0.2, 0.25) is 11.8 Å². The van der Waals surface area contributed by atoms with E-state index in [1.165, 1.54) is 7.11 Å². The molecule has 1 saturated heterocycles. The lowest BCUT2D eigenvalue weighted by Gasteiger charge is -2.29. The van der Waals surface area contributed by atoms with Crippen molar-refractivity contribution in [3.8, 4) is 5.75 Å². The van der Waals surface area contributed by atoms with E-state index in [1.807, 2.05) is 0 Å². The van der Waals surface area contributed by atoms with Crippen LogP contribution in [0.3, 0.4) is 0 Å². The molecule has 0 aromatic heterocycles. The van der Waals surface area contributed by atoms with Crippen molar-refractivity contribution in [2.24, 2.45) is 11.8 Å². The fourth-order valence-corrected chi connectivity index (χ4v) is 4.78. The summed E-state index contributed by atoms with van der Waals surface area (Å²) in [5.74, 6) is -2.35. The first-order valence-corrected chi connectivity index (χ1v) is 10.9. The molecule has 2 aliphatic rings. The summed E-state index contributed by atoms with van der Waals surface area (Å²) in [7, 11) is 1.51. The second kappa shape index (κ2) is 9.25. The van der Waals surface area contributed by atoms with Gasteiger partial charge in [-0.1, -0.05) is 37.9 Å². The number of likely N-dealkylation sites (tertiary alicyclic amines) is 1. The molecule has 0 bridgehead atoms. The molecule has 1 aliphatic heterocycles. The molecule has 4 atom stereocenters. The molecule has 1 aromatic carbocycles. The van der Waals surface area contributed by atoms with E-state index in [0.717, 1.165) is 4.90 Å². The summed E-state index contributed by atoms with van der Waals surface area (Å²) < 4.78 is 10.0. The van der Waals surface area contributed by atoms with Gasteiger partial charge in [0.25, 0.3) is 5.91 Å². The standard InChI is InChI=1S/C19H20Br2N2O6/c1-28-11-4-2-3-10(5-11)22-16(24)9-29-17(25)8-23-18(26)12-6-14(20)15(21)7-13(12)19(23)27/h2-5,12-15H,6-9H2,1H3,(H,22,24)/t12-,13+,14-,15-/m0/s1. The number of carbonyl (C=O) groups is 4. The second-order valence-electron chi connectivity index (χ2n) is 6.92. The van der Waals surface area contributed by atoms with Crippen molar-refractivity contribution in [2.45, 2.75) is 22.5 Å². The Bertz CT molecular complexity index is 805. The van der Waals surface area contributed by atoms with Crippen LogP contribution in [0.2, 0.25) is 0 Å². The van der Waals surface area contributed by atoms with E-state index < -0.39 is 36.9 Å². The topological polar surface area (TPSA) is 102 Å². The number of benzene rings is 1. The Kier molecular flexibility index (Phi) is 6.94. The number of anilines is 1. The van der Waals surface area contributed by atoms with Crippen LogP contribution in [0, 0.1) is 11.8 Å². The van der Waals surface area contributed by atoms with Crippen LogP contribution >= 0.6 is 31.9 Å². The minimum Gasteiger partial charge on any atom is -0.497 e. The molecule has 29 heavy (non-hydrogen) atoms. The zero-order valence-corrected chi connectivity index (χ0v) is 18.8. The van der Waals surface area contributed by atoms with E-state index in [-0.39, 0.29) is 21.5 Å². The monoisotopic (exact) mass is 530 g/mol. The number of methoxy groups -OCH3 is 1. The number of rotatable bonds is 6. The van der Waals surface area contributed by atoms with Crippen molar-refractivity contribution < 1.29 is 28.7 Å². The zero-order valence-electron chi connectivity index (χ0n) is 15.6. The van der Waals surface area contributed by atoms with Gasteiger partial charge < -0.3 is 14.8 Å². The molecule has 3 amide bonds. The van der Waals surface area contributed by atoms with Crippen molar-refractivity contribution in [3.63, 3.8) is 0 Å². The van der Waals surface area contributed by atoms with Gasteiger partial charge in [0.15, 0.2) is 6.61 Å². The molecular formula is C19H20Br2N2O6. The molecule has 156 valence electrons. The van der Waals surface area contributed by atoms with Gasteiger partial charge in [-0.3, -0.25) is 24.1 Å². The van der Waals surface area contributed by atoms with Crippen molar-refractivity contribution in [3.05, 3.63) is 24.3 Å². The highest BCUT2D eigenvalue weighted by molar-refractivity contribution is 9.12. The number of alkyl halides is 2. The Morgan fingerprint density at radius 2 is 1.76 bits per heavy atom. The van der Waals surface area contributed by atoms with Gasteiger partial charge in [-0.2, -0.15) is 0 Å². The normalized spacial score (nSPS) is 26.1. The van der Waals surface area contributed by atoms with Gasteiger partial charge in [0.1, 0.15) is 12.3 Å². The van der Waals surface area contributed by atoms with Crippen molar-refractivity contribution in [1.82, 2.24) is 4.90 Å². The van der Waals surface area contributed by atoms with E-state index in [9.17, 15) is 19.2 Å². The Morgan fingerprint density at radius 3 is 2.34 bits per heavy atom. The maximum atomic E-state index is 12.5. The highest BCUT2D eigenvalue weighted by atomic mass is 79.9. The van der Waals surface area contributed by atoms with Crippen LogP contribution in [0.15, 0.2) is 24.3 Å². The molecule has 0 unspecified atom stereocenters. The number of nitrogens with zero attached hydrogens (tertiary/aromatic N) is 1. The molecule has 1 aliphatic carbocycles. The van der Waals surface area contributed by atoms with Gasteiger partial charge >= 0.3 is 5.97 Å². The lowest BCUT2D eigenvalue weighted by atomic mass is 9.81. The van der Waals surface area contributed by atoms with Crippen LogP contribution in [0.25, 0.3) is 0 Å². The molecule has 0 spiro atoms. The first-order valence-electron chi connectivity index (χ1n) is 9.03. The van der Waals surface area contributed by atoms with Crippen LogP contribution in [0.4, 0.5) is 5.69 Å². The average molecular weight is 532 g/mol. The van der Waals surface area contributed by atoms with Crippen LogP contribution in [0.5, 0.6) is 5.75 Å². The molecule has 2 fully saturated rings. The van der Waals surface area contributed by atoms with E-state index in [2.05, 4.69) is 37.2 Å². The molecule has 10 heteroatoms. The first-order chi connectivity index (χ1) is 13.8. The molecule has 0 radical (unpaired) electrons. The van der Waals surface area contributed by atoms with Crippen LogP contribution in [-0.4, -0.2) is 58.5 Å². The van der Waals surface area contributed by atoms with Gasteiger partial charge in [0, 0.05) is 21.4 Å². The second-order valence-corrected chi connectivity index (χ2v) is 9.27. The summed E-state index contributed by atoms with van der Waals surface area (Å²) in [5.41, 5.74) is 0.494. The summed E-state index contributed by atoms with van der Waals surface area (Å²) in [6, 6.07) is 6.73. The molecule has 8 nitrogen and oxygen atoms in total. The maximum Gasteiger partial charge on any atom is 0.326 e. The number of imide groups is 1. The fourth-order valence-electron chi connectivity index (χ4n) is 3.54. The van der Waals surface area contributed by atoms with Crippen molar-refractivity contribution in [2.75, 3.05) is 25.6 Å². The van der Waals surface area contributed by atoms with E-state index >= 15 is 0 Å². The summed E-state index contributed by atoms with van der Waals surface area (Å²) in [5, 5.41) is 2.58. The van der Waals surface area contributed by atoms with E-state index in [1.54, 1.807) is 24.3 Å². The quantitative estimate of drug-likeness (QED) is 0.342. The Hall–Kier alpha value is -1.94. The zero-order chi connectivity index (χ0) is 21.1. The minimum absolute atomic E-state index is 0.0905. The fraction of sp³-hybridized carbons (Fsp3) is 0.474. The van der Waals surface area contributed by atoms with Gasteiger partial charge in [-0.05, 0) is 25.0 Å². The number of nitrogens with one attached hydrogen (secondary N) is 1. The molecule has 1 N–H and O–H groups in total. The Balaban J connectivity index is 1.51. The predicted molar refractivity (Wildman–Crippen MR) is 111 cm³/mol. The molecule has 1 heterocycles. The third-order valence-electron chi connectivity index (χ3n) is 5.01. The Morgan fingerprint density at radius 1 is 1.14 bits per heavy atom. The number of halogens is 2. The van der Waals surface area contributed by atoms with Gasteiger partial charge in [-0.25, -0.2) is 0 Å². The number of ether oxygens (including phenoxy) is 2. The lowest BCUT2D eigenvalue weighted by molar-refractivity contribution is -0.154. The third kappa shape index (κ3) is 4.98. The predicted octanol–water partition coefficient (Wildman–Crippen LogP) is 2.10. The highest BCUT2D eigenvalue weighted by Gasteiger charge is 2.52. The summed E-state index contributed by atoms with van der Waals surface area (Å²) in [6.45, 7) is -1.01. The number of hydrogen-bond acceptors (Lipinski definition) is 6. The minimum atomic E-state index is -0.808. The number of carbonyl (C=O) groups excluding carboxylic acids is 4. The van der Waals surface area contributed by atoms with Gasteiger partial charge in [0.05, 0.1) is 18.9 Å². The highest BCUT2D eigenvalue weighted by Crippen LogP contribution is 2.43. The molecule has 1 saturated carbocycles. The van der Waals surface area contributed by atoms with Crippen molar-refractivity contribution in [1.29, 1.82) is 0 Å².